The second-order valence-corrected chi connectivity index (χ2v) is 5.25. The Morgan fingerprint density at radius 2 is 2.14 bits per heavy atom. The lowest BCUT2D eigenvalue weighted by Crippen LogP contribution is -2.49. The lowest BCUT2D eigenvalue weighted by atomic mass is 9.96. The highest BCUT2D eigenvalue weighted by Crippen LogP contribution is 2.17. The number of aliphatic hydroxyl groups excluding tert-OH is 1. The summed E-state index contributed by atoms with van der Waals surface area (Å²) in [6.45, 7) is 4.43. The second kappa shape index (κ2) is 8.25. The molecule has 0 saturated heterocycles. The number of hydrogen-bond donors (Lipinski definition) is 2. The number of aryl methyl sites for hydroxylation is 1. The highest BCUT2D eigenvalue weighted by Gasteiger charge is 2.27. The van der Waals surface area contributed by atoms with Gasteiger partial charge in [-0.15, -0.1) is 0 Å². The summed E-state index contributed by atoms with van der Waals surface area (Å²) in [6.07, 6.45) is 1.10. The molecule has 1 rings (SSSR count). The predicted molar refractivity (Wildman–Crippen MR) is 79.8 cm³/mol. The molecule has 1 atom stereocenters. The van der Waals surface area contributed by atoms with Crippen LogP contribution in [0.15, 0.2) is 16.5 Å². The monoisotopic (exact) mass is 307 g/mol. The van der Waals surface area contributed by atoms with Gasteiger partial charge in [-0.1, -0.05) is 5.92 Å². The fourth-order valence-electron chi connectivity index (χ4n) is 1.96. The summed E-state index contributed by atoms with van der Waals surface area (Å²) >= 11 is 0. The zero-order valence-electron chi connectivity index (χ0n) is 13.1. The van der Waals surface area contributed by atoms with Gasteiger partial charge in [0.2, 0.25) is 5.91 Å². The second-order valence-electron chi connectivity index (χ2n) is 5.25. The smallest absolute Gasteiger partial charge is 0.302 e. The van der Waals surface area contributed by atoms with Crippen molar-refractivity contribution in [3.05, 3.63) is 23.7 Å². The Morgan fingerprint density at radius 3 is 2.73 bits per heavy atom. The predicted octanol–water partition coefficient (Wildman–Crippen LogP) is 1.01. The third-order valence-electron chi connectivity index (χ3n) is 2.95. The first kappa shape index (κ1) is 17.8. The van der Waals surface area contributed by atoms with Gasteiger partial charge in [-0.05, 0) is 31.4 Å². The average Bonchev–Trinajstić information content (AvgIpc) is 2.88. The Morgan fingerprint density at radius 1 is 1.41 bits per heavy atom. The van der Waals surface area contributed by atoms with Gasteiger partial charge in [0.15, 0.2) is 5.76 Å². The van der Waals surface area contributed by atoms with Crippen LogP contribution in [-0.2, 0) is 20.7 Å². The summed E-state index contributed by atoms with van der Waals surface area (Å²) in [5, 5.41) is 11.4. The Balaban J connectivity index is 2.67. The summed E-state index contributed by atoms with van der Waals surface area (Å²) < 4.78 is 10.5. The van der Waals surface area contributed by atoms with Crippen molar-refractivity contribution in [3.63, 3.8) is 0 Å². The minimum Gasteiger partial charge on any atom is -0.463 e. The molecule has 6 heteroatoms. The lowest BCUT2D eigenvalue weighted by Gasteiger charge is -2.29. The highest BCUT2D eigenvalue weighted by atomic mass is 16.5. The zero-order valence-corrected chi connectivity index (χ0v) is 13.1. The number of carbonyl (C=O) groups is 2. The van der Waals surface area contributed by atoms with Crippen LogP contribution in [0.3, 0.4) is 0 Å². The van der Waals surface area contributed by atoms with Crippen molar-refractivity contribution in [2.45, 2.75) is 39.2 Å². The molecular weight excluding hydrogens is 286 g/mol. The van der Waals surface area contributed by atoms with Gasteiger partial charge in [-0.25, -0.2) is 0 Å². The van der Waals surface area contributed by atoms with Crippen LogP contribution in [-0.4, -0.2) is 35.7 Å². The Hall–Kier alpha value is -2.26. The molecule has 0 bridgehead atoms. The standard InChI is InChI=1S/C16H21NO5/c1-12(19)17-16(3,11-21-13(2)20)9-8-15-7-6-14(22-15)5-4-10-18/h6-7,18H,8-11H2,1-3H3,(H,17,19)/t16-/m1/s1. The topological polar surface area (TPSA) is 88.8 Å². The molecule has 0 radical (unpaired) electrons. The van der Waals surface area contributed by atoms with Crippen molar-refractivity contribution in [3.8, 4) is 11.8 Å². The van der Waals surface area contributed by atoms with E-state index in [1.54, 1.807) is 12.1 Å². The normalized spacial score (nSPS) is 12.7. The molecule has 0 aliphatic heterocycles. The molecule has 1 aromatic rings. The number of esters is 1. The van der Waals surface area contributed by atoms with Gasteiger partial charge in [0.25, 0.3) is 0 Å². The molecule has 0 fully saturated rings. The fourth-order valence-corrected chi connectivity index (χ4v) is 1.96. The minimum absolute atomic E-state index is 0.0970. The van der Waals surface area contributed by atoms with Gasteiger partial charge >= 0.3 is 5.97 Å². The van der Waals surface area contributed by atoms with Gasteiger partial charge in [0.1, 0.15) is 19.0 Å². The van der Waals surface area contributed by atoms with Crippen molar-refractivity contribution in [1.29, 1.82) is 0 Å². The Kier molecular flexibility index (Phi) is 6.67. The molecule has 0 saturated carbocycles. The first-order valence-corrected chi connectivity index (χ1v) is 6.95. The minimum atomic E-state index is -0.665. The largest absolute Gasteiger partial charge is 0.463 e. The van der Waals surface area contributed by atoms with Crippen LogP contribution in [0.1, 0.15) is 38.7 Å². The molecule has 1 aromatic heterocycles. The number of carbonyl (C=O) groups excluding carboxylic acids is 2. The molecule has 0 unspecified atom stereocenters. The SMILES string of the molecule is CC(=O)N[C@](C)(CCc1ccc(C#CCO)o1)COC(C)=O. The first-order chi connectivity index (χ1) is 10.3. The van der Waals surface area contributed by atoms with E-state index < -0.39 is 11.5 Å². The van der Waals surface area contributed by atoms with Crippen molar-refractivity contribution >= 4 is 11.9 Å². The van der Waals surface area contributed by atoms with Crippen molar-refractivity contribution < 1.29 is 23.8 Å². The summed E-state index contributed by atoms with van der Waals surface area (Å²) in [4.78, 5) is 22.3. The molecule has 2 N–H and O–H groups in total. The summed E-state index contributed by atoms with van der Waals surface area (Å²) in [7, 11) is 0. The molecule has 1 amide bonds. The third-order valence-corrected chi connectivity index (χ3v) is 2.95. The van der Waals surface area contributed by atoms with E-state index in [2.05, 4.69) is 17.2 Å². The van der Waals surface area contributed by atoms with E-state index in [9.17, 15) is 9.59 Å². The number of furan rings is 1. The number of hydrogen-bond acceptors (Lipinski definition) is 5. The maximum Gasteiger partial charge on any atom is 0.302 e. The Labute approximate surface area is 129 Å². The van der Waals surface area contributed by atoms with Crippen LogP contribution in [0.4, 0.5) is 0 Å². The fraction of sp³-hybridized carbons (Fsp3) is 0.500. The van der Waals surface area contributed by atoms with E-state index in [0.717, 1.165) is 0 Å². The van der Waals surface area contributed by atoms with Crippen LogP contribution in [0.2, 0.25) is 0 Å². The summed E-state index contributed by atoms with van der Waals surface area (Å²) in [5.41, 5.74) is -0.665. The zero-order chi connectivity index (χ0) is 16.6. The van der Waals surface area contributed by atoms with E-state index >= 15 is 0 Å². The quantitative estimate of drug-likeness (QED) is 0.605. The molecule has 120 valence electrons. The number of rotatable bonds is 6. The third kappa shape index (κ3) is 6.46. The maximum atomic E-state index is 11.3. The lowest BCUT2D eigenvalue weighted by molar-refractivity contribution is -0.144. The van der Waals surface area contributed by atoms with E-state index in [1.165, 1.54) is 13.8 Å². The van der Waals surface area contributed by atoms with E-state index in [1.807, 2.05) is 6.92 Å². The maximum absolute atomic E-state index is 11.3. The molecule has 0 spiro atoms. The van der Waals surface area contributed by atoms with E-state index in [-0.39, 0.29) is 19.1 Å². The van der Waals surface area contributed by atoms with E-state index in [4.69, 9.17) is 14.3 Å². The Bertz CT molecular complexity index is 581. The van der Waals surface area contributed by atoms with Gasteiger partial charge in [-0.2, -0.15) is 0 Å². The van der Waals surface area contributed by atoms with Gasteiger partial charge in [-0.3, -0.25) is 9.59 Å². The number of nitrogens with one attached hydrogen (secondary N) is 1. The van der Waals surface area contributed by atoms with Crippen molar-refractivity contribution in [1.82, 2.24) is 5.32 Å². The van der Waals surface area contributed by atoms with Gasteiger partial charge in [0, 0.05) is 20.3 Å². The van der Waals surface area contributed by atoms with Crippen LogP contribution < -0.4 is 5.32 Å². The van der Waals surface area contributed by atoms with Crippen LogP contribution >= 0.6 is 0 Å². The molecule has 0 aliphatic rings. The molecule has 1 heterocycles. The number of ether oxygens (including phenoxy) is 1. The highest BCUT2D eigenvalue weighted by molar-refractivity contribution is 5.74. The number of amides is 1. The van der Waals surface area contributed by atoms with Crippen LogP contribution in [0, 0.1) is 11.8 Å². The molecule has 22 heavy (non-hydrogen) atoms. The van der Waals surface area contributed by atoms with Gasteiger partial charge < -0.3 is 19.6 Å². The summed E-state index contributed by atoms with van der Waals surface area (Å²) in [5.74, 6) is 5.79. The molecule has 0 aliphatic carbocycles. The van der Waals surface area contributed by atoms with E-state index in [0.29, 0.717) is 24.4 Å². The van der Waals surface area contributed by atoms with Gasteiger partial charge in [0.05, 0.1) is 5.54 Å². The number of aliphatic hydroxyl groups is 1. The first-order valence-electron chi connectivity index (χ1n) is 6.95. The summed E-state index contributed by atoms with van der Waals surface area (Å²) in [6, 6.07) is 3.52. The average molecular weight is 307 g/mol. The molecule has 6 nitrogen and oxygen atoms in total. The molecular formula is C16H21NO5. The molecule has 0 aromatic carbocycles. The van der Waals surface area contributed by atoms with Crippen LogP contribution in [0.25, 0.3) is 0 Å². The van der Waals surface area contributed by atoms with Crippen molar-refractivity contribution in [2.75, 3.05) is 13.2 Å². The van der Waals surface area contributed by atoms with Crippen molar-refractivity contribution in [2.24, 2.45) is 0 Å². The van der Waals surface area contributed by atoms with Crippen LogP contribution in [0.5, 0.6) is 0 Å².